The minimum absolute atomic E-state index is 0.109. The lowest BCUT2D eigenvalue weighted by molar-refractivity contribution is -0.139. The van der Waals surface area contributed by atoms with Crippen molar-refractivity contribution in [2.24, 2.45) is 5.73 Å². The minimum Gasteiger partial charge on any atom is -0.493 e. The van der Waals surface area contributed by atoms with Gasteiger partial charge in [-0.05, 0) is 24.6 Å². The lowest BCUT2D eigenvalue weighted by Gasteiger charge is -2.12. The van der Waals surface area contributed by atoms with Crippen molar-refractivity contribution in [1.82, 2.24) is 0 Å². The third kappa shape index (κ3) is 3.13. The van der Waals surface area contributed by atoms with Gasteiger partial charge >= 0.3 is 5.97 Å². The monoisotopic (exact) mass is 225 g/mol. The normalized spacial score (nSPS) is 11.9. The first-order valence-corrected chi connectivity index (χ1v) is 4.82. The van der Waals surface area contributed by atoms with Gasteiger partial charge in [0, 0.05) is 6.04 Å². The fourth-order valence-electron chi connectivity index (χ4n) is 1.23. The molecule has 1 rings (SSSR count). The molecule has 0 bridgehead atoms. The molecule has 0 aromatic heterocycles. The maximum atomic E-state index is 10.4. The summed E-state index contributed by atoms with van der Waals surface area (Å²) in [6, 6.07) is 5.06. The lowest BCUT2D eigenvalue weighted by atomic mass is 10.1. The first-order chi connectivity index (χ1) is 7.54. The summed E-state index contributed by atoms with van der Waals surface area (Å²) in [5.74, 6) is -0.149. The number of carbonyl (C=O) groups is 1. The number of carboxylic acid groups (broad SMARTS) is 1. The molecule has 5 heteroatoms. The Morgan fingerprint density at radius 1 is 1.50 bits per heavy atom. The molecule has 5 nitrogen and oxygen atoms in total. The van der Waals surface area contributed by atoms with Crippen LogP contribution in [-0.4, -0.2) is 24.8 Å². The van der Waals surface area contributed by atoms with Crippen molar-refractivity contribution in [3.8, 4) is 11.5 Å². The molecule has 0 heterocycles. The highest BCUT2D eigenvalue weighted by Crippen LogP contribution is 2.29. The third-order valence-electron chi connectivity index (χ3n) is 2.06. The molecule has 0 aliphatic heterocycles. The van der Waals surface area contributed by atoms with Crippen LogP contribution < -0.4 is 15.2 Å². The molecule has 0 saturated heterocycles. The van der Waals surface area contributed by atoms with Crippen molar-refractivity contribution in [1.29, 1.82) is 0 Å². The van der Waals surface area contributed by atoms with Gasteiger partial charge in [0.2, 0.25) is 0 Å². The van der Waals surface area contributed by atoms with E-state index in [-0.39, 0.29) is 6.04 Å². The largest absolute Gasteiger partial charge is 0.493 e. The molecule has 0 saturated carbocycles. The number of nitrogens with two attached hydrogens (primary N) is 1. The van der Waals surface area contributed by atoms with Crippen LogP contribution in [0.15, 0.2) is 18.2 Å². The van der Waals surface area contributed by atoms with Gasteiger partial charge in [-0.2, -0.15) is 0 Å². The van der Waals surface area contributed by atoms with E-state index >= 15 is 0 Å². The van der Waals surface area contributed by atoms with E-state index in [0.29, 0.717) is 11.5 Å². The number of hydrogen-bond acceptors (Lipinski definition) is 4. The van der Waals surface area contributed by atoms with Crippen LogP contribution in [0.2, 0.25) is 0 Å². The number of benzene rings is 1. The van der Waals surface area contributed by atoms with Crippen LogP contribution in [0, 0.1) is 0 Å². The summed E-state index contributed by atoms with van der Waals surface area (Å²) in [5.41, 5.74) is 6.62. The molecular formula is C11H15NO4. The van der Waals surface area contributed by atoms with Crippen molar-refractivity contribution in [3.63, 3.8) is 0 Å². The molecule has 3 N–H and O–H groups in total. The Morgan fingerprint density at radius 3 is 2.69 bits per heavy atom. The van der Waals surface area contributed by atoms with Gasteiger partial charge in [-0.3, -0.25) is 0 Å². The zero-order valence-electron chi connectivity index (χ0n) is 9.27. The molecular weight excluding hydrogens is 210 g/mol. The molecule has 1 atom stereocenters. The van der Waals surface area contributed by atoms with Gasteiger partial charge in [0.1, 0.15) is 0 Å². The van der Waals surface area contributed by atoms with E-state index in [1.54, 1.807) is 18.2 Å². The number of methoxy groups -OCH3 is 1. The zero-order chi connectivity index (χ0) is 12.1. The first-order valence-electron chi connectivity index (χ1n) is 4.82. The maximum absolute atomic E-state index is 10.4. The molecule has 0 aliphatic rings. The van der Waals surface area contributed by atoms with Gasteiger partial charge in [-0.25, -0.2) is 4.79 Å². The number of carboxylic acids is 1. The van der Waals surface area contributed by atoms with E-state index in [1.165, 1.54) is 7.11 Å². The van der Waals surface area contributed by atoms with Crippen LogP contribution in [-0.2, 0) is 4.79 Å². The lowest BCUT2D eigenvalue weighted by Crippen LogP contribution is -2.10. The Labute approximate surface area is 93.8 Å². The van der Waals surface area contributed by atoms with Gasteiger partial charge in [0.05, 0.1) is 7.11 Å². The van der Waals surface area contributed by atoms with Gasteiger partial charge < -0.3 is 20.3 Å². The molecule has 0 fully saturated rings. The highest BCUT2D eigenvalue weighted by atomic mass is 16.5. The average Bonchev–Trinajstić information content (AvgIpc) is 2.25. The number of ether oxygens (including phenoxy) is 2. The third-order valence-corrected chi connectivity index (χ3v) is 2.06. The second kappa shape index (κ2) is 5.37. The van der Waals surface area contributed by atoms with Crippen molar-refractivity contribution < 1.29 is 19.4 Å². The second-order valence-corrected chi connectivity index (χ2v) is 3.38. The fourth-order valence-corrected chi connectivity index (χ4v) is 1.23. The van der Waals surface area contributed by atoms with E-state index in [1.807, 2.05) is 6.92 Å². The second-order valence-electron chi connectivity index (χ2n) is 3.38. The molecule has 1 aromatic rings. The van der Waals surface area contributed by atoms with Crippen LogP contribution in [0.25, 0.3) is 0 Å². The van der Waals surface area contributed by atoms with Crippen molar-refractivity contribution in [3.05, 3.63) is 23.8 Å². The van der Waals surface area contributed by atoms with Gasteiger partial charge in [0.25, 0.3) is 0 Å². The quantitative estimate of drug-likeness (QED) is 0.786. The number of aliphatic carboxylic acids is 1. The van der Waals surface area contributed by atoms with Crippen LogP contribution in [0.1, 0.15) is 18.5 Å². The standard InChI is InChI=1S/C11H15NO4/c1-7(12)8-3-4-9(10(5-8)15-2)16-6-11(13)14/h3-5,7H,6,12H2,1-2H3,(H,13,14)/t7-/m1/s1. The van der Waals surface area contributed by atoms with Crippen molar-refractivity contribution in [2.45, 2.75) is 13.0 Å². The molecule has 88 valence electrons. The highest BCUT2D eigenvalue weighted by Gasteiger charge is 2.09. The van der Waals surface area contributed by atoms with E-state index in [4.69, 9.17) is 20.3 Å². The minimum atomic E-state index is -1.03. The predicted octanol–water partition coefficient (Wildman–Crippen LogP) is 1.18. The van der Waals surface area contributed by atoms with Gasteiger partial charge in [-0.1, -0.05) is 6.07 Å². The van der Waals surface area contributed by atoms with Gasteiger partial charge in [0.15, 0.2) is 18.1 Å². The summed E-state index contributed by atoms with van der Waals surface area (Å²) >= 11 is 0. The van der Waals surface area contributed by atoms with E-state index in [2.05, 4.69) is 0 Å². The molecule has 0 aliphatic carbocycles. The fraction of sp³-hybridized carbons (Fsp3) is 0.364. The van der Waals surface area contributed by atoms with E-state index < -0.39 is 12.6 Å². The Hall–Kier alpha value is -1.75. The molecule has 0 amide bonds. The Kier molecular flexibility index (Phi) is 4.13. The Morgan fingerprint density at radius 2 is 2.19 bits per heavy atom. The Bertz CT molecular complexity index is 376. The zero-order valence-corrected chi connectivity index (χ0v) is 9.27. The number of hydrogen-bond donors (Lipinski definition) is 2. The summed E-state index contributed by atoms with van der Waals surface area (Å²) < 4.78 is 10.2. The molecule has 0 spiro atoms. The van der Waals surface area contributed by atoms with Gasteiger partial charge in [-0.15, -0.1) is 0 Å². The summed E-state index contributed by atoms with van der Waals surface area (Å²) in [6.07, 6.45) is 0. The van der Waals surface area contributed by atoms with Crippen LogP contribution in [0.5, 0.6) is 11.5 Å². The Balaban J connectivity index is 2.88. The molecule has 0 radical (unpaired) electrons. The molecule has 0 unspecified atom stereocenters. The smallest absolute Gasteiger partial charge is 0.341 e. The summed E-state index contributed by atoms with van der Waals surface area (Å²) in [5, 5.41) is 8.50. The van der Waals surface area contributed by atoms with Crippen LogP contribution in [0.3, 0.4) is 0 Å². The van der Waals surface area contributed by atoms with E-state index in [0.717, 1.165) is 5.56 Å². The van der Waals surface area contributed by atoms with Crippen LogP contribution in [0.4, 0.5) is 0 Å². The topological polar surface area (TPSA) is 81.8 Å². The first kappa shape index (κ1) is 12.3. The summed E-state index contributed by atoms with van der Waals surface area (Å²) in [7, 11) is 1.49. The molecule has 1 aromatic carbocycles. The summed E-state index contributed by atoms with van der Waals surface area (Å²) in [4.78, 5) is 10.4. The highest BCUT2D eigenvalue weighted by molar-refractivity contribution is 5.68. The van der Waals surface area contributed by atoms with E-state index in [9.17, 15) is 4.79 Å². The summed E-state index contributed by atoms with van der Waals surface area (Å²) in [6.45, 7) is 1.46. The van der Waals surface area contributed by atoms with Crippen LogP contribution >= 0.6 is 0 Å². The van der Waals surface area contributed by atoms with Crippen molar-refractivity contribution in [2.75, 3.05) is 13.7 Å². The van der Waals surface area contributed by atoms with Crippen molar-refractivity contribution >= 4 is 5.97 Å². The predicted molar refractivity (Wildman–Crippen MR) is 58.7 cm³/mol. The average molecular weight is 225 g/mol. The molecule has 16 heavy (non-hydrogen) atoms. The SMILES string of the molecule is COc1cc([C@@H](C)N)ccc1OCC(=O)O. The number of rotatable bonds is 5. The maximum Gasteiger partial charge on any atom is 0.341 e.